The van der Waals surface area contributed by atoms with Crippen molar-refractivity contribution in [3.8, 4) is 0 Å². The molecule has 1 aromatic carbocycles. The van der Waals surface area contributed by atoms with E-state index < -0.39 is 5.97 Å². The first kappa shape index (κ1) is 13.1. The van der Waals surface area contributed by atoms with Gasteiger partial charge < -0.3 is 14.6 Å². The van der Waals surface area contributed by atoms with E-state index in [2.05, 4.69) is 0 Å². The standard InChI is InChI=1S/C14H18O4/c15-13(16)10-12-7-4-8-17-14(18-12)9-11-5-2-1-3-6-11/h1-3,5-6,12,14H,4,7-10H2,(H,15,16). The number of carbonyl (C=O) groups is 1. The first-order chi connectivity index (χ1) is 8.74. The van der Waals surface area contributed by atoms with Crippen LogP contribution in [0.25, 0.3) is 0 Å². The lowest BCUT2D eigenvalue weighted by Gasteiger charge is -2.20. The van der Waals surface area contributed by atoms with E-state index in [1.165, 1.54) is 0 Å². The lowest BCUT2D eigenvalue weighted by Crippen LogP contribution is -2.25. The number of rotatable bonds is 4. The van der Waals surface area contributed by atoms with Crippen LogP contribution in [0.2, 0.25) is 0 Å². The van der Waals surface area contributed by atoms with Gasteiger partial charge >= 0.3 is 5.97 Å². The van der Waals surface area contributed by atoms with Crippen LogP contribution in [0, 0.1) is 0 Å². The number of aliphatic carboxylic acids is 1. The zero-order chi connectivity index (χ0) is 12.8. The molecule has 0 amide bonds. The third-order valence-electron chi connectivity index (χ3n) is 2.97. The van der Waals surface area contributed by atoms with Crippen LogP contribution in [-0.2, 0) is 20.7 Å². The monoisotopic (exact) mass is 250 g/mol. The fraction of sp³-hybridized carbons (Fsp3) is 0.500. The van der Waals surface area contributed by atoms with Crippen molar-refractivity contribution in [1.82, 2.24) is 0 Å². The largest absolute Gasteiger partial charge is 0.481 e. The Bertz CT molecular complexity index is 377. The molecule has 0 radical (unpaired) electrons. The number of hydrogen-bond donors (Lipinski definition) is 1. The van der Waals surface area contributed by atoms with Crippen LogP contribution >= 0.6 is 0 Å². The highest BCUT2D eigenvalue weighted by atomic mass is 16.7. The Labute approximate surface area is 107 Å². The van der Waals surface area contributed by atoms with Gasteiger partial charge in [0.25, 0.3) is 0 Å². The molecule has 1 aliphatic rings. The lowest BCUT2D eigenvalue weighted by molar-refractivity contribution is -0.162. The molecule has 1 saturated heterocycles. The van der Waals surface area contributed by atoms with Crippen molar-refractivity contribution in [2.75, 3.05) is 6.61 Å². The summed E-state index contributed by atoms with van der Waals surface area (Å²) in [6.45, 7) is 0.633. The van der Waals surface area contributed by atoms with E-state index in [1.54, 1.807) is 0 Å². The Hall–Kier alpha value is -1.39. The van der Waals surface area contributed by atoms with Gasteiger partial charge in [-0.1, -0.05) is 30.3 Å². The second-order valence-corrected chi connectivity index (χ2v) is 4.49. The molecule has 0 bridgehead atoms. The molecule has 4 heteroatoms. The molecule has 18 heavy (non-hydrogen) atoms. The van der Waals surface area contributed by atoms with E-state index in [9.17, 15) is 4.79 Å². The summed E-state index contributed by atoms with van der Waals surface area (Å²) in [5.41, 5.74) is 1.14. The molecule has 4 nitrogen and oxygen atoms in total. The minimum absolute atomic E-state index is 0.0502. The summed E-state index contributed by atoms with van der Waals surface area (Å²) >= 11 is 0. The van der Waals surface area contributed by atoms with Gasteiger partial charge in [-0.05, 0) is 18.4 Å². The summed E-state index contributed by atoms with van der Waals surface area (Å²) in [4.78, 5) is 10.7. The van der Waals surface area contributed by atoms with Crippen molar-refractivity contribution in [1.29, 1.82) is 0 Å². The molecule has 0 aliphatic carbocycles. The van der Waals surface area contributed by atoms with Gasteiger partial charge in [-0.15, -0.1) is 0 Å². The summed E-state index contributed by atoms with van der Waals surface area (Å²) in [5, 5.41) is 8.81. The van der Waals surface area contributed by atoms with Gasteiger partial charge in [0.2, 0.25) is 0 Å². The SMILES string of the molecule is O=C(O)CC1CCCOC(Cc2ccccc2)O1. The Balaban J connectivity index is 1.92. The van der Waals surface area contributed by atoms with Gasteiger partial charge in [0, 0.05) is 13.0 Å². The van der Waals surface area contributed by atoms with Gasteiger partial charge in [0.1, 0.15) is 0 Å². The van der Waals surface area contributed by atoms with Gasteiger partial charge in [-0.3, -0.25) is 4.79 Å². The highest BCUT2D eigenvalue weighted by molar-refractivity contribution is 5.67. The summed E-state index contributed by atoms with van der Waals surface area (Å²) in [5.74, 6) is -0.819. The first-order valence-corrected chi connectivity index (χ1v) is 6.27. The molecule has 1 N–H and O–H groups in total. The van der Waals surface area contributed by atoms with Crippen molar-refractivity contribution in [3.63, 3.8) is 0 Å². The Morgan fingerprint density at radius 2 is 2.11 bits per heavy atom. The van der Waals surface area contributed by atoms with Crippen LogP contribution in [0.15, 0.2) is 30.3 Å². The summed E-state index contributed by atoms with van der Waals surface area (Å²) in [6.07, 6.45) is 1.74. The minimum Gasteiger partial charge on any atom is -0.481 e. The molecule has 1 aromatic rings. The van der Waals surface area contributed by atoms with Gasteiger partial charge in [0.15, 0.2) is 6.29 Å². The van der Waals surface area contributed by atoms with Crippen molar-refractivity contribution >= 4 is 5.97 Å². The van der Waals surface area contributed by atoms with Crippen LogP contribution in [0.1, 0.15) is 24.8 Å². The fourth-order valence-electron chi connectivity index (χ4n) is 2.11. The highest BCUT2D eigenvalue weighted by Crippen LogP contribution is 2.18. The first-order valence-electron chi connectivity index (χ1n) is 6.27. The van der Waals surface area contributed by atoms with E-state index in [0.717, 1.165) is 18.4 Å². The van der Waals surface area contributed by atoms with Crippen LogP contribution < -0.4 is 0 Å². The van der Waals surface area contributed by atoms with Gasteiger partial charge in [-0.25, -0.2) is 0 Å². The molecule has 1 aliphatic heterocycles. The third kappa shape index (κ3) is 4.13. The van der Waals surface area contributed by atoms with Crippen molar-refractivity contribution in [2.45, 2.75) is 38.1 Å². The molecule has 2 rings (SSSR count). The molecule has 0 saturated carbocycles. The number of hydrogen-bond acceptors (Lipinski definition) is 3. The average Bonchev–Trinajstić information content (AvgIpc) is 2.55. The molecule has 0 spiro atoms. The maximum Gasteiger partial charge on any atom is 0.305 e. The molecule has 2 atom stereocenters. The number of benzene rings is 1. The lowest BCUT2D eigenvalue weighted by atomic mass is 10.1. The number of ether oxygens (including phenoxy) is 2. The molecular weight excluding hydrogens is 232 g/mol. The van der Waals surface area contributed by atoms with E-state index in [-0.39, 0.29) is 18.8 Å². The third-order valence-corrected chi connectivity index (χ3v) is 2.97. The van der Waals surface area contributed by atoms with E-state index in [1.807, 2.05) is 30.3 Å². The number of carboxylic acids is 1. The summed E-state index contributed by atoms with van der Waals surface area (Å²) < 4.78 is 11.3. The van der Waals surface area contributed by atoms with Crippen LogP contribution in [0.5, 0.6) is 0 Å². The van der Waals surface area contributed by atoms with Crippen LogP contribution in [0.4, 0.5) is 0 Å². The second-order valence-electron chi connectivity index (χ2n) is 4.49. The average molecular weight is 250 g/mol. The Morgan fingerprint density at radius 1 is 1.33 bits per heavy atom. The van der Waals surface area contributed by atoms with Crippen LogP contribution in [-0.4, -0.2) is 30.1 Å². The normalized spacial score (nSPS) is 24.4. The molecule has 98 valence electrons. The molecule has 1 fully saturated rings. The topological polar surface area (TPSA) is 55.8 Å². The maximum atomic E-state index is 10.7. The maximum absolute atomic E-state index is 10.7. The predicted octanol–water partition coefficient (Wildman–Crippen LogP) is 2.23. The van der Waals surface area contributed by atoms with Gasteiger partial charge in [0.05, 0.1) is 12.5 Å². The van der Waals surface area contributed by atoms with E-state index >= 15 is 0 Å². The zero-order valence-corrected chi connectivity index (χ0v) is 10.2. The smallest absolute Gasteiger partial charge is 0.305 e. The van der Waals surface area contributed by atoms with Gasteiger partial charge in [-0.2, -0.15) is 0 Å². The van der Waals surface area contributed by atoms with Crippen LogP contribution in [0.3, 0.4) is 0 Å². The van der Waals surface area contributed by atoms with Crippen molar-refractivity contribution in [2.24, 2.45) is 0 Å². The van der Waals surface area contributed by atoms with Crippen molar-refractivity contribution < 1.29 is 19.4 Å². The molecule has 2 unspecified atom stereocenters. The number of carboxylic acid groups (broad SMARTS) is 1. The van der Waals surface area contributed by atoms with E-state index in [4.69, 9.17) is 14.6 Å². The van der Waals surface area contributed by atoms with E-state index in [0.29, 0.717) is 13.0 Å². The Kier molecular flexibility index (Phi) is 4.73. The fourth-order valence-corrected chi connectivity index (χ4v) is 2.11. The van der Waals surface area contributed by atoms with Crippen molar-refractivity contribution in [3.05, 3.63) is 35.9 Å². The highest BCUT2D eigenvalue weighted by Gasteiger charge is 2.23. The molecular formula is C14H18O4. The quantitative estimate of drug-likeness (QED) is 0.890. The predicted molar refractivity (Wildman–Crippen MR) is 66.2 cm³/mol. The summed E-state index contributed by atoms with van der Waals surface area (Å²) in [6, 6.07) is 9.95. The molecule has 0 aromatic heterocycles. The Morgan fingerprint density at radius 3 is 2.83 bits per heavy atom. The zero-order valence-electron chi connectivity index (χ0n) is 10.2. The molecule has 1 heterocycles. The second kappa shape index (κ2) is 6.52. The summed E-state index contributed by atoms with van der Waals surface area (Å²) in [7, 11) is 0. The minimum atomic E-state index is -0.819.